The molecule has 4 aromatic rings. The van der Waals surface area contributed by atoms with Crippen LogP contribution in [0.5, 0.6) is 0 Å². The molecule has 14 heteroatoms. The number of hydrogen-bond donors (Lipinski definition) is 4. The number of fused-ring (bicyclic) bond motifs is 4. The number of nitrogens with zero attached hydrogens (tertiary/aromatic N) is 5. The fourth-order valence-electron chi connectivity index (χ4n) is 7.66. The topological polar surface area (TPSA) is 163 Å². The third kappa shape index (κ3) is 6.87. The Morgan fingerprint density at radius 2 is 1.35 bits per heavy atom. The Morgan fingerprint density at radius 1 is 0.812 bits per heavy atom. The number of nitrogen functional groups attached to an aromatic ring is 2. The first kappa shape index (κ1) is 35.9. The predicted octanol–water partition coefficient (Wildman–Crippen LogP) is 6.57. The largest absolute Gasteiger partial charge is 0.481 e. The van der Waals surface area contributed by atoms with Crippen LogP contribution >= 0.6 is 35.6 Å². The van der Waals surface area contributed by atoms with E-state index in [2.05, 4.69) is 15.3 Å². The first-order valence-electron chi connectivity index (χ1n) is 16.7. The molecular formula is C34H45Cl3N8O3. The third-order valence-electron chi connectivity index (χ3n) is 10.3. The summed E-state index contributed by atoms with van der Waals surface area (Å²) in [5.41, 5.74) is 20.6. The highest BCUT2D eigenvalue weighted by Crippen LogP contribution is 2.38. The molecule has 2 atom stereocenters. The lowest BCUT2D eigenvalue weighted by Gasteiger charge is -2.22. The van der Waals surface area contributed by atoms with Gasteiger partial charge in [-0.2, -0.15) is 14.9 Å². The Morgan fingerprint density at radius 3 is 1.94 bits per heavy atom. The molecule has 4 aromatic heterocycles. The van der Waals surface area contributed by atoms with E-state index in [-0.39, 0.29) is 30.2 Å². The lowest BCUT2D eigenvalue weighted by Crippen LogP contribution is -2.26. The van der Waals surface area contributed by atoms with E-state index in [0.717, 1.165) is 111 Å². The molecule has 4 aliphatic carbocycles. The summed E-state index contributed by atoms with van der Waals surface area (Å²) in [7, 11) is 3.83. The van der Waals surface area contributed by atoms with Gasteiger partial charge in [-0.25, -0.2) is 0 Å². The van der Waals surface area contributed by atoms with Gasteiger partial charge in [0, 0.05) is 42.3 Å². The number of aromatic amines is 1. The average molecular weight is 720 g/mol. The highest BCUT2D eigenvalue weighted by Gasteiger charge is 2.33. The number of anilines is 2. The van der Waals surface area contributed by atoms with Gasteiger partial charge >= 0.3 is 5.97 Å². The van der Waals surface area contributed by atoms with Crippen molar-refractivity contribution in [2.24, 2.45) is 14.1 Å². The van der Waals surface area contributed by atoms with Crippen molar-refractivity contribution in [3.05, 3.63) is 67.5 Å². The van der Waals surface area contributed by atoms with Crippen molar-refractivity contribution in [2.45, 2.75) is 102 Å². The van der Waals surface area contributed by atoms with Crippen LogP contribution in [0.2, 0.25) is 10.3 Å². The van der Waals surface area contributed by atoms with Gasteiger partial charge in [0.15, 0.2) is 0 Å². The molecule has 0 aliphatic heterocycles. The zero-order chi connectivity index (χ0) is 33.4. The maximum atomic E-state index is 13.1. The number of carbonyl (C=O) groups is 2. The number of nitrogens with one attached hydrogen (secondary N) is 1. The van der Waals surface area contributed by atoms with Crippen LogP contribution in [0.25, 0.3) is 0 Å². The molecule has 0 bridgehead atoms. The Labute approximate surface area is 296 Å². The van der Waals surface area contributed by atoms with Crippen LogP contribution in [0.4, 0.5) is 11.6 Å². The maximum absolute atomic E-state index is 13.1. The van der Waals surface area contributed by atoms with Crippen molar-refractivity contribution in [2.75, 3.05) is 11.5 Å². The van der Waals surface area contributed by atoms with Crippen LogP contribution < -0.4 is 11.5 Å². The van der Waals surface area contributed by atoms with Gasteiger partial charge in [-0.1, -0.05) is 23.2 Å². The minimum absolute atomic E-state index is 0. The molecule has 6 N–H and O–H groups in total. The minimum atomic E-state index is -0.742. The van der Waals surface area contributed by atoms with Gasteiger partial charge in [0.2, 0.25) is 0 Å². The molecule has 0 amide bonds. The number of aryl methyl sites for hydroxylation is 2. The van der Waals surface area contributed by atoms with E-state index in [4.69, 9.17) is 39.8 Å². The first-order valence-corrected chi connectivity index (χ1v) is 17.4. The second-order valence-corrected chi connectivity index (χ2v) is 13.9. The van der Waals surface area contributed by atoms with Crippen molar-refractivity contribution in [3.63, 3.8) is 0 Å². The van der Waals surface area contributed by atoms with Gasteiger partial charge in [-0.05, 0) is 113 Å². The number of aromatic nitrogens is 6. The van der Waals surface area contributed by atoms with Crippen LogP contribution in [0.1, 0.15) is 113 Å². The number of carbonyl (C=O) groups excluding carboxylic acids is 1. The number of carboxylic acids is 1. The Balaban J connectivity index is 0.000000153. The number of aliphatic carboxylic acids is 1. The Bertz CT molecular complexity index is 1800. The fraction of sp³-hybridized carbons (Fsp3) is 0.529. The molecule has 11 nitrogen and oxygen atoms in total. The van der Waals surface area contributed by atoms with E-state index >= 15 is 0 Å². The molecule has 0 spiro atoms. The summed E-state index contributed by atoms with van der Waals surface area (Å²) in [6.07, 6.45) is 14.2. The Kier molecular flexibility index (Phi) is 11.2. The fourth-order valence-corrected chi connectivity index (χ4v) is 8.10. The van der Waals surface area contributed by atoms with Crippen LogP contribution in [0, 0.1) is 0 Å². The zero-order valence-electron chi connectivity index (χ0n) is 27.5. The second kappa shape index (κ2) is 15.0. The summed E-state index contributed by atoms with van der Waals surface area (Å²) in [5, 5.41) is 21.8. The van der Waals surface area contributed by atoms with Gasteiger partial charge < -0.3 is 25.7 Å². The van der Waals surface area contributed by atoms with Gasteiger partial charge in [0.1, 0.15) is 21.9 Å². The maximum Gasteiger partial charge on any atom is 0.311 e. The molecule has 0 saturated carbocycles. The van der Waals surface area contributed by atoms with Crippen molar-refractivity contribution in [1.29, 1.82) is 0 Å². The first-order chi connectivity index (χ1) is 22.6. The average Bonchev–Trinajstić information content (AvgIpc) is 3.80. The van der Waals surface area contributed by atoms with E-state index in [1.54, 1.807) is 6.07 Å². The van der Waals surface area contributed by atoms with Crippen LogP contribution in [-0.2, 0) is 57.4 Å². The summed E-state index contributed by atoms with van der Waals surface area (Å²) in [5.74, 6) is -0.0690. The van der Waals surface area contributed by atoms with E-state index in [1.165, 1.54) is 28.8 Å². The molecule has 260 valence electrons. The number of rotatable bonds is 2. The summed E-state index contributed by atoms with van der Waals surface area (Å²) in [6, 6.07) is 3.72. The smallest absolute Gasteiger partial charge is 0.311 e. The monoisotopic (exact) mass is 718 g/mol. The van der Waals surface area contributed by atoms with Crippen molar-refractivity contribution in [1.82, 2.24) is 29.1 Å². The van der Waals surface area contributed by atoms with Gasteiger partial charge in [-0.15, -0.1) is 12.4 Å². The summed E-state index contributed by atoms with van der Waals surface area (Å²) >= 11 is 12.2. The van der Waals surface area contributed by atoms with Gasteiger partial charge in [0.25, 0.3) is 5.91 Å². The number of nitrogens with two attached hydrogens (primary N) is 2. The summed E-state index contributed by atoms with van der Waals surface area (Å²) in [4.78, 5) is 24.1. The van der Waals surface area contributed by atoms with Crippen molar-refractivity contribution >= 4 is 59.1 Å². The molecular weight excluding hydrogens is 675 g/mol. The molecule has 0 aromatic carbocycles. The summed E-state index contributed by atoms with van der Waals surface area (Å²) in [6.45, 7) is 0. The predicted molar refractivity (Wildman–Crippen MR) is 191 cm³/mol. The lowest BCUT2D eigenvalue weighted by atomic mass is 9.86. The van der Waals surface area contributed by atoms with E-state index in [9.17, 15) is 9.59 Å². The van der Waals surface area contributed by atoms with Crippen LogP contribution in [-0.4, -0.2) is 46.1 Å². The molecule has 0 saturated heterocycles. The summed E-state index contributed by atoms with van der Waals surface area (Å²) < 4.78 is 5.32. The molecule has 4 heterocycles. The van der Waals surface area contributed by atoms with Crippen molar-refractivity contribution in [3.8, 4) is 0 Å². The standard InChI is InChI=1S/C17H21ClN4O.C10H12ClNO2.C7H11N3.ClH/c1-21-14-8-4-6-10(12(14)9-15(21)18)17(23)22-16(19)11-5-2-3-7-13(11)20-22;1-12-8-4-2-3-6(10(13)14)7(8)5-9(12)11;8-7-5-3-1-2-4-6(5)9-10-7;/h9-10H,2-8,19H2,1H3;5-6H,2-4H2,1H3,(H,13,14);1-4H2,(H3,8,9,10);1H. The SMILES string of the molecule is Cl.Cn1c(Cl)cc2c1CCCC2C(=O)O.Cn1c(Cl)cc2c1CCCC2C(=O)n1nc2c(c1N)CCCC2.Nc1n[nH]c2c1CCCC2. The molecule has 0 radical (unpaired) electrons. The number of halogens is 3. The normalized spacial score (nSPS) is 19.2. The highest BCUT2D eigenvalue weighted by molar-refractivity contribution is 6.30. The Hall–Kier alpha value is -3.41. The van der Waals surface area contributed by atoms with Gasteiger partial charge in [0.05, 0.1) is 17.5 Å². The van der Waals surface area contributed by atoms with Crippen LogP contribution in [0.15, 0.2) is 12.1 Å². The van der Waals surface area contributed by atoms with E-state index in [0.29, 0.717) is 21.9 Å². The highest BCUT2D eigenvalue weighted by atomic mass is 35.5. The second-order valence-electron chi connectivity index (χ2n) is 13.1. The van der Waals surface area contributed by atoms with Gasteiger partial charge in [-0.3, -0.25) is 14.7 Å². The zero-order valence-corrected chi connectivity index (χ0v) is 29.9. The van der Waals surface area contributed by atoms with E-state index in [1.807, 2.05) is 29.3 Å². The minimum Gasteiger partial charge on any atom is -0.481 e. The molecule has 2 unspecified atom stereocenters. The molecule has 4 aliphatic rings. The molecule has 48 heavy (non-hydrogen) atoms. The molecule has 8 rings (SSSR count). The lowest BCUT2D eigenvalue weighted by molar-refractivity contribution is -0.139. The van der Waals surface area contributed by atoms with Crippen molar-refractivity contribution < 1.29 is 14.7 Å². The number of hydrogen-bond acceptors (Lipinski definition) is 6. The number of H-pyrrole nitrogens is 1. The quantitative estimate of drug-likeness (QED) is 0.182. The third-order valence-corrected chi connectivity index (χ3v) is 11.0. The number of carboxylic acid groups (broad SMARTS) is 1. The van der Waals surface area contributed by atoms with E-state index < -0.39 is 5.97 Å². The van der Waals surface area contributed by atoms with Crippen LogP contribution in [0.3, 0.4) is 0 Å². The molecule has 0 fully saturated rings.